The van der Waals surface area contributed by atoms with Gasteiger partial charge in [0.1, 0.15) is 0 Å². The molecule has 0 aliphatic carbocycles. The van der Waals surface area contributed by atoms with Crippen LogP contribution in [0.3, 0.4) is 0 Å². The molecule has 0 aliphatic rings. The van der Waals surface area contributed by atoms with E-state index in [1.54, 1.807) is 43.4 Å². The van der Waals surface area contributed by atoms with Crippen LogP contribution in [0.2, 0.25) is 0 Å². The molecule has 2 aromatic carbocycles. The number of hydrogen-bond donors (Lipinski definition) is 0. The molecule has 1 atom stereocenters. The predicted molar refractivity (Wildman–Crippen MR) is 103 cm³/mol. The van der Waals surface area contributed by atoms with E-state index in [9.17, 15) is 14.4 Å². The minimum absolute atomic E-state index is 0.0376. The topological polar surface area (TPSA) is 63.7 Å². The number of ketones is 1. The molecular weight excluding hydrogens is 398 g/mol. The van der Waals surface area contributed by atoms with E-state index in [1.165, 1.54) is 11.8 Å². The monoisotopic (exact) mass is 417 g/mol. The molecule has 0 aliphatic heterocycles. The van der Waals surface area contributed by atoms with E-state index in [0.29, 0.717) is 11.3 Å². The Balaban J connectivity index is 1.83. The predicted octanol–water partition coefficient (Wildman–Crippen LogP) is 4.01. The van der Waals surface area contributed by atoms with E-state index in [4.69, 9.17) is 4.74 Å². The maximum absolute atomic E-state index is 12.3. The van der Waals surface area contributed by atoms with Crippen LogP contribution in [0.25, 0.3) is 0 Å². The van der Waals surface area contributed by atoms with Gasteiger partial charge in [-0.1, -0.05) is 46.3 Å². The van der Waals surface area contributed by atoms with E-state index in [1.807, 2.05) is 18.2 Å². The Morgan fingerprint density at radius 3 is 2.23 bits per heavy atom. The number of esters is 1. The molecule has 2 rings (SSSR count). The van der Waals surface area contributed by atoms with Crippen molar-refractivity contribution >= 4 is 39.3 Å². The van der Waals surface area contributed by atoms with Crippen LogP contribution in [0, 0.1) is 0 Å². The van der Waals surface area contributed by atoms with Gasteiger partial charge in [0.2, 0.25) is 0 Å². The zero-order chi connectivity index (χ0) is 19.1. The Hall–Kier alpha value is -2.47. The van der Waals surface area contributed by atoms with Gasteiger partial charge in [-0.3, -0.25) is 14.4 Å². The third kappa shape index (κ3) is 5.52. The lowest BCUT2D eigenvalue weighted by atomic mass is 10.1. The Kier molecular flexibility index (Phi) is 7.09. The molecule has 1 amide bonds. The summed E-state index contributed by atoms with van der Waals surface area (Å²) in [4.78, 5) is 37.8. The standard InChI is InChI=1S/C20H20BrNO4/c1-14(20(25)22(2)17-6-4-3-5-7-17)26-19(24)13-12-18(23)15-8-10-16(21)11-9-15/h3-11,14H,12-13H2,1-2H3. The Morgan fingerprint density at radius 1 is 1.00 bits per heavy atom. The number of carbonyl (C=O) groups excluding carboxylic acids is 3. The molecule has 0 N–H and O–H groups in total. The van der Waals surface area contributed by atoms with Crippen molar-refractivity contribution in [3.63, 3.8) is 0 Å². The number of anilines is 1. The van der Waals surface area contributed by atoms with Crippen molar-refractivity contribution in [1.82, 2.24) is 0 Å². The zero-order valence-electron chi connectivity index (χ0n) is 14.6. The fourth-order valence-corrected chi connectivity index (χ4v) is 2.62. The third-order valence-corrected chi connectivity index (χ3v) is 4.38. The number of Topliss-reactive ketones (excluding diaryl/α,β-unsaturated/α-hetero) is 1. The quantitative estimate of drug-likeness (QED) is 0.504. The van der Waals surface area contributed by atoms with E-state index >= 15 is 0 Å². The lowest BCUT2D eigenvalue weighted by Crippen LogP contribution is -2.37. The molecule has 1 unspecified atom stereocenters. The summed E-state index contributed by atoms with van der Waals surface area (Å²) >= 11 is 3.30. The number of benzene rings is 2. The summed E-state index contributed by atoms with van der Waals surface area (Å²) in [7, 11) is 1.62. The molecule has 0 fully saturated rings. The minimum atomic E-state index is -0.921. The number of likely N-dealkylation sites (N-methyl/N-ethyl adjacent to an activating group) is 1. The van der Waals surface area contributed by atoms with Crippen molar-refractivity contribution in [1.29, 1.82) is 0 Å². The van der Waals surface area contributed by atoms with Crippen LogP contribution in [-0.2, 0) is 14.3 Å². The summed E-state index contributed by atoms with van der Waals surface area (Å²) in [5, 5.41) is 0. The number of carbonyl (C=O) groups is 3. The average Bonchev–Trinajstić information content (AvgIpc) is 2.66. The van der Waals surface area contributed by atoms with Gasteiger partial charge in [-0.15, -0.1) is 0 Å². The number of rotatable bonds is 7. The summed E-state index contributed by atoms with van der Waals surface area (Å²) in [5.41, 5.74) is 1.25. The van der Waals surface area contributed by atoms with Crippen LogP contribution in [0.1, 0.15) is 30.1 Å². The highest BCUT2D eigenvalue weighted by atomic mass is 79.9. The fourth-order valence-electron chi connectivity index (χ4n) is 2.35. The van der Waals surface area contributed by atoms with Gasteiger partial charge >= 0.3 is 5.97 Å². The molecule has 2 aromatic rings. The number of amides is 1. The van der Waals surface area contributed by atoms with Gasteiger partial charge in [-0.25, -0.2) is 0 Å². The molecule has 0 saturated heterocycles. The summed E-state index contributed by atoms with van der Waals surface area (Å²) in [6, 6.07) is 16.0. The number of ether oxygens (including phenoxy) is 1. The molecule has 0 saturated carbocycles. The second-order valence-electron chi connectivity index (χ2n) is 5.79. The number of para-hydroxylation sites is 1. The SMILES string of the molecule is CC(OC(=O)CCC(=O)c1ccc(Br)cc1)C(=O)N(C)c1ccccc1. The van der Waals surface area contributed by atoms with E-state index in [0.717, 1.165) is 4.47 Å². The zero-order valence-corrected chi connectivity index (χ0v) is 16.2. The number of hydrogen-bond acceptors (Lipinski definition) is 4. The fraction of sp³-hybridized carbons (Fsp3) is 0.250. The highest BCUT2D eigenvalue weighted by Gasteiger charge is 2.22. The Bertz CT molecular complexity index is 774. The third-order valence-electron chi connectivity index (χ3n) is 3.85. The first kappa shape index (κ1) is 19.8. The van der Waals surface area contributed by atoms with Crippen molar-refractivity contribution in [3.05, 3.63) is 64.6 Å². The van der Waals surface area contributed by atoms with Crippen molar-refractivity contribution in [2.24, 2.45) is 0 Å². The van der Waals surface area contributed by atoms with Crippen LogP contribution in [-0.4, -0.2) is 30.8 Å². The number of nitrogens with zero attached hydrogens (tertiary/aromatic N) is 1. The average molecular weight is 418 g/mol. The van der Waals surface area contributed by atoms with Crippen molar-refractivity contribution in [3.8, 4) is 0 Å². The first-order valence-corrected chi connectivity index (χ1v) is 8.98. The van der Waals surface area contributed by atoms with Crippen molar-refractivity contribution < 1.29 is 19.1 Å². The second-order valence-corrected chi connectivity index (χ2v) is 6.71. The molecule has 136 valence electrons. The first-order valence-electron chi connectivity index (χ1n) is 8.19. The van der Waals surface area contributed by atoms with Crippen LogP contribution in [0.5, 0.6) is 0 Å². The maximum Gasteiger partial charge on any atom is 0.307 e. The highest BCUT2D eigenvalue weighted by molar-refractivity contribution is 9.10. The van der Waals surface area contributed by atoms with Gasteiger partial charge in [0.05, 0.1) is 6.42 Å². The summed E-state index contributed by atoms with van der Waals surface area (Å²) in [6.07, 6.45) is -0.951. The molecule has 26 heavy (non-hydrogen) atoms. The Morgan fingerprint density at radius 2 is 1.62 bits per heavy atom. The molecule has 5 nitrogen and oxygen atoms in total. The van der Waals surface area contributed by atoms with Crippen LogP contribution >= 0.6 is 15.9 Å². The largest absolute Gasteiger partial charge is 0.453 e. The molecule has 0 radical (unpaired) electrons. The van der Waals surface area contributed by atoms with Crippen molar-refractivity contribution in [2.75, 3.05) is 11.9 Å². The van der Waals surface area contributed by atoms with E-state index in [-0.39, 0.29) is 24.5 Å². The smallest absolute Gasteiger partial charge is 0.307 e. The first-order chi connectivity index (χ1) is 12.4. The van der Waals surface area contributed by atoms with Crippen LogP contribution in [0.15, 0.2) is 59.1 Å². The molecule has 0 aromatic heterocycles. The lowest BCUT2D eigenvalue weighted by molar-refractivity contribution is -0.153. The molecule has 0 heterocycles. The normalized spacial score (nSPS) is 11.5. The van der Waals surface area contributed by atoms with Crippen molar-refractivity contribution in [2.45, 2.75) is 25.9 Å². The van der Waals surface area contributed by atoms with Gasteiger partial charge in [0.15, 0.2) is 11.9 Å². The molecular formula is C20H20BrNO4. The van der Waals surface area contributed by atoms with Gasteiger partial charge in [-0.05, 0) is 31.2 Å². The minimum Gasteiger partial charge on any atom is -0.453 e. The van der Waals surface area contributed by atoms with E-state index in [2.05, 4.69) is 15.9 Å². The summed E-state index contributed by atoms with van der Waals surface area (Å²) < 4.78 is 6.05. The maximum atomic E-state index is 12.3. The summed E-state index contributed by atoms with van der Waals surface area (Å²) in [5.74, 6) is -1.05. The van der Waals surface area contributed by atoms with Crippen LogP contribution < -0.4 is 4.90 Å². The van der Waals surface area contributed by atoms with Crippen LogP contribution in [0.4, 0.5) is 5.69 Å². The lowest BCUT2D eigenvalue weighted by Gasteiger charge is -2.21. The van der Waals surface area contributed by atoms with Gasteiger partial charge < -0.3 is 9.64 Å². The van der Waals surface area contributed by atoms with Gasteiger partial charge in [0, 0.05) is 29.2 Å². The molecule has 0 spiro atoms. The van der Waals surface area contributed by atoms with E-state index < -0.39 is 12.1 Å². The van der Waals surface area contributed by atoms with Gasteiger partial charge in [-0.2, -0.15) is 0 Å². The second kappa shape index (κ2) is 9.29. The highest BCUT2D eigenvalue weighted by Crippen LogP contribution is 2.15. The molecule has 6 heteroatoms. The number of halogens is 1. The summed E-state index contributed by atoms with van der Waals surface area (Å²) in [6.45, 7) is 1.52. The Labute approximate surface area is 161 Å². The molecule has 0 bridgehead atoms. The van der Waals surface area contributed by atoms with Gasteiger partial charge in [0.25, 0.3) is 5.91 Å².